The van der Waals surface area contributed by atoms with Crippen LogP contribution in [0.2, 0.25) is 0 Å². The van der Waals surface area contributed by atoms with Crippen molar-refractivity contribution in [2.75, 3.05) is 6.54 Å². The van der Waals surface area contributed by atoms with Crippen molar-refractivity contribution in [1.29, 1.82) is 0 Å². The minimum atomic E-state index is -0.845. The van der Waals surface area contributed by atoms with Crippen LogP contribution >= 0.6 is 0 Å². The first kappa shape index (κ1) is 14.2. The van der Waals surface area contributed by atoms with Crippen molar-refractivity contribution >= 4 is 12.0 Å². The van der Waals surface area contributed by atoms with Gasteiger partial charge in [-0.3, -0.25) is 4.79 Å². The number of hydrogen-bond acceptors (Lipinski definition) is 2. The van der Waals surface area contributed by atoms with Crippen molar-refractivity contribution < 1.29 is 14.7 Å². The number of nitrogens with one attached hydrogen (secondary N) is 1. The van der Waals surface area contributed by atoms with Crippen molar-refractivity contribution in [3.05, 3.63) is 0 Å². The van der Waals surface area contributed by atoms with Gasteiger partial charge in [0.15, 0.2) is 0 Å². The van der Waals surface area contributed by atoms with Crippen LogP contribution in [0.25, 0.3) is 0 Å². The van der Waals surface area contributed by atoms with Crippen LogP contribution in [-0.4, -0.2) is 40.6 Å². The molecule has 0 heterocycles. The molecule has 2 saturated carbocycles. The standard InChI is InChI=1S/C14H24N2O3/c1-10(11-4-2-3-5-11)15-14(19)16(12-6-7-12)9-8-13(17)18/h10-12H,2-9H2,1H3,(H,15,19)(H,17,18). The molecule has 1 unspecified atom stereocenters. The third kappa shape index (κ3) is 4.11. The fraction of sp³-hybridized carbons (Fsp3) is 0.857. The summed E-state index contributed by atoms with van der Waals surface area (Å²) in [6, 6.07) is 0.374. The zero-order valence-electron chi connectivity index (χ0n) is 11.6. The number of carbonyl (C=O) groups is 2. The number of carbonyl (C=O) groups excluding carboxylic acids is 1. The van der Waals surface area contributed by atoms with Crippen LogP contribution in [0.1, 0.15) is 51.9 Å². The summed E-state index contributed by atoms with van der Waals surface area (Å²) in [5.41, 5.74) is 0. The summed E-state index contributed by atoms with van der Waals surface area (Å²) in [6.45, 7) is 2.39. The Bertz CT molecular complexity index is 336. The lowest BCUT2D eigenvalue weighted by molar-refractivity contribution is -0.137. The lowest BCUT2D eigenvalue weighted by atomic mass is 10.00. The van der Waals surface area contributed by atoms with Crippen molar-refractivity contribution in [3.8, 4) is 0 Å². The maximum Gasteiger partial charge on any atom is 0.317 e. The summed E-state index contributed by atoms with van der Waals surface area (Å²) in [7, 11) is 0. The first-order valence-electron chi connectivity index (χ1n) is 7.37. The number of urea groups is 1. The highest BCUT2D eigenvalue weighted by molar-refractivity contribution is 5.76. The average Bonchev–Trinajstić information content (AvgIpc) is 3.03. The lowest BCUT2D eigenvalue weighted by Gasteiger charge is -2.27. The summed E-state index contributed by atoms with van der Waals surface area (Å²) < 4.78 is 0. The Kier molecular flexibility index (Phi) is 4.66. The number of rotatable bonds is 6. The molecule has 2 aliphatic rings. The Labute approximate surface area is 114 Å². The summed E-state index contributed by atoms with van der Waals surface area (Å²) in [4.78, 5) is 24.6. The Hall–Kier alpha value is -1.26. The maximum absolute atomic E-state index is 12.2. The molecule has 2 rings (SSSR count). The van der Waals surface area contributed by atoms with Gasteiger partial charge in [0, 0.05) is 18.6 Å². The summed E-state index contributed by atoms with van der Waals surface area (Å²) in [5.74, 6) is -0.258. The second-order valence-electron chi connectivity index (χ2n) is 5.85. The van der Waals surface area contributed by atoms with E-state index < -0.39 is 5.97 Å². The Morgan fingerprint density at radius 2 is 1.89 bits per heavy atom. The first-order valence-corrected chi connectivity index (χ1v) is 7.37. The van der Waals surface area contributed by atoms with Gasteiger partial charge in [-0.25, -0.2) is 4.79 Å². The van der Waals surface area contributed by atoms with Gasteiger partial charge in [-0.05, 0) is 38.5 Å². The third-order valence-corrected chi connectivity index (χ3v) is 4.27. The van der Waals surface area contributed by atoms with Gasteiger partial charge in [-0.1, -0.05) is 12.8 Å². The van der Waals surface area contributed by atoms with Gasteiger partial charge in [0.1, 0.15) is 0 Å². The monoisotopic (exact) mass is 268 g/mol. The van der Waals surface area contributed by atoms with Crippen LogP contribution in [0.15, 0.2) is 0 Å². The van der Waals surface area contributed by atoms with E-state index in [9.17, 15) is 9.59 Å². The second kappa shape index (κ2) is 6.26. The molecule has 2 fully saturated rings. The van der Waals surface area contributed by atoms with E-state index in [4.69, 9.17) is 5.11 Å². The number of amides is 2. The molecule has 0 aromatic heterocycles. The normalized spacial score (nSPS) is 21.1. The second-order valence-corrected chi connectivity index (χ2v) is 5.85. The molecule has 2 aliphatic carbocycles. The predicted octanol–water partition coefficient (Wildman–Crippen LogP) is 2.21. The molecule has 0 bridgehead atoms. The molecule has 5 heteroatoms. The molecular formula is C14H24N2O3. The number of hydrogen-bond donors (Lipinski definition) is 2. The highest BCUT2D eigenvalue weighted by Gasteiger charge is 2.34. The number of nitrogens with zero attached hydrogens (tertiary/aromatic N) is 1. The molecule has 0 aliphatic heterocycles. The smallest absolute Gasteiger partial charge is 0.317 e. The highest BCUT2D eigenvalue weighted by Crippen LogP contribution is 2.29. The zero-order chi connectivity index (χ0) is 13.8. The van der Waals surface area contributed by atoms with Gasteiger partial charge in [-0.15, -0.1) is 0 Å². The van der Waals surface area contributed by atoms with E-state index in [1.54, 1.807) is 4.90 Å². The molecule has 0 aromatic rings. The van der Waals surface area contributed by atoms with Crippen LogP contribution in [0.3, 0.4) is 0 Å². The topological polar surface area (TPSA) is 69.6 Å². The van der Waals surface area contributed by atoms with Crippen LogP contribution in [0.5, 0.6) is 0 Å². The van der Waals surface area contributed by atoms with E-state index in [0.29, 0.717) is 12.5 Å². The van der Waals surface area contributed by atoms with Crippen LogP contribution < -0.4 is 5.32 Å². The molecule has 5 nitrogen and oxygen atoms in total. The predicted molar refractivity (Wildman–Crippen MR) is 71.9 cm³/mol. The van der Waals surface area contributed by atoms with E-state index >= 15 is 0 Å². The minimum absolute atomic E-state index is 0.0295. The van der Waals surface area contributed by atoms with Crippen molar-refractivity contribution in [3.63, 3.8) is 0 Å². The Morgan fingerprint density at radius 3 is 2.42 bits per heavy atom. The molecular weight excluding hydrogens is 244 g/mol. The molecule has 2 amide bonds. The van der Waals surface area contributed by atoms with Crippen LogP contribution in [0.4, 0.5) is 4.79 Å². The molecule has 0 aromatic carbocycles. The van der Waals surface area contributed by atoms with E-state index in [-0.39, 0.29) is 24.5 Å². The highest BCUT2D eigenvalue weighted by atomic mass is 16.4. The zero-order valence-corrected chi connectivity index (χ0v) is 11.6. The van der Waals surface area contributed by atoms with Gasteiger partial charge in [0.25, 0.3) is 0 Å². The maximum atomic E-state index is 12.2. The summed E-state index contributed by atoms with van der Waals surface area (Å²) in [6.07, 6.45) is 6.95. The molecule has 0 saturated heterocycles. The van der Waals surface area contributed by atoms with Crippen molar-refractivity contribution in [2.24, 2.45) is 5.92 Å². The van der Waals surface area contributed by atoms with Crippen molar-refractivity contribution in [1.82, 2.24) is 10.2 Å². The number of carboxylic acids is 1. The number of aliphatic carboxylic acids is 1. The van der Waals surface area contributed by atoms with Gasteiger partial charge in [0.2, 0.25) is 0 Å². The average molecular weight is 268 g/mol. The van der Waals surface area contributed by atoms with E-state index in [1.807, 2.05) is 0 Å². The van der Waals surface area contributed by atoms with E-state index in [1.165, 1.54) is 25.7 Å². The molecule has 108 valence electrons. The molecule has 1 atom stereocenters. The molecule has 0 radical (unpaired) electrons. The minimum Gasteiger partial charge on any atom is -0.481 e. The molecule has 0 spiro atoms. The molecule has 2 N–H and O–H groups in total. The molecule has 19 heavy (non-hydrogen) atoms. The van der Waals surface area contributed by atoms with Gasteiger partial charge >= 0.3 is 12.0 Å². The first-order chi connectivity index (χ1) is 9.08. The van der Waals surface area contributed by atoms with Crippen molar-refractivity contribution in [2.45, 2.75) is 64.0 Å². The van der Waals surface area contributed by atoms with Gasteiger partial charge < -0.3 is 15.3 Å². The van der Waals surface area contributed by atoms with Gasteiger partial charge in [-0.2, -0.15) is 0 Å². The SMILES string of the molecule is CC(NC(=O)N(CCC(=O)O)C1CC1)C1CCCC1. The largest absolute Gasteiger partial charge is 0.481 e. The summed E-state index contributed by atoms with van der Waals surface area (Å²) in [5, 5.41) is 11.8. The van der Waals surface area contributed by atoms with Crippen LogP contribution in [0, 0.1) is 5.92 Å². The fourth-order valence-corrected chi connectivity index (χ4v) is 2.91. The quantitative estimate of drug-likeness (QED) is 0.776. The van der Waals surface area contributed by atoms with E-state index in [2.05, 4.69) is 12.2 Å². The lowest BCUT2D eigenvalue weighted by Crippen LogP contribution is -2.47. The Morgan fingerprint density at radius 1 is 1.26 bits per heavy atom. The van der Waals surface area contributed by atoms with Crippen LogP contribution in [-0.2, 0) is 4.79 Å². The number of carboxylic acid groups (broad SMARTS) is 1. The Balaban J connectivity index is 1.82. The van der Waals surface area contributed by atoms with Gasteiger partial charge in [0.05, 0.1) is 6.42 Å². The summed E-state index contributed by atoms with van der Waals surface area (Å²) >= 11 is 0. The third-order valence-electron chi connectivity index (χ3n) is 4.27. The fourth-order valence-electron chi connectivity index (χ4n) is 2.91. The van der Waals surface area contributed by atoms with E-state index in [0.717, 1.165) is 12.8 Å².